The standard InChI is InChI=1S/C77H149NO5/c1-3-5-7-9-11-13-15-17-19-21-23-34-37-41-45-49-53-57-61-65-69-75(80)74(73-79)78-76(81)70-66-62-58-54-50-46-42-38-35-31-29-27-25-24-26-28-30-32-36-40-44-48-52-56-60-64-68-72-83-77(82)71-67-63-59-55-51-47-43-39-33-22-20-18-16-14-12-10-8-6-4-2/h24-25,65,69,74-75,79-80H,3-23,26-64,66-68,70-73H2,1-2H3,(H,78,81)/b25-24-,69-65+. The van der Waals surface area contributed by atoms with E-state index in [-0.39, 0.29) is 18.5 Å². The predicted molar refractivity (Wildman–Crippen MR) is 366 cm³/mol. The molecule has 0 aliphatic rings. The SMILES string of the molecule is CCCCCCCCCCCCCCCCCCCC/C=C/C(O)C(CO)NC(=O)CCCCCCCCCCCCC/C=C\CCCCCCCCCCCCCCOC(=O)CCCCCCCCCCCCCCCCCCCCC. The van der Waals surface area contributed by atoms with Crippen molar-refractivity contribution in [1.82, 2.24) is 5.32 Å². The molecule has 6 heteroatoms. The zero-order valence-corrected chi connectivity index (χ0v) is 56.5. The second-order valence-electron chi connectivity index (χ2n) is 26.3. The molecule has 6 nitrogen and oxygen atoms in total. The maximum Gasteiger partial charge on any atom is 0.305 e. The number of ether oxygens (including phenoxy) is 1. The highest BCUT2D eigenvalue weighted by Gasteiger charge is 2.18. The van der Waals surface area contributed by atoms with Gasteiger partial charge in [0.15, 0.2) is 0 Å². The number of carbonyl (C=O) groups excluding carboxylic acids is 2. The average molecular weight is 1170 g/mol. The van der Waals surface area contributed by atoms with Crippen LogP contribution in [0.4, 0.5) is 0 Å². The first-order valence-electron chi connectivity index (χ1n) is 38.1. The van der Waals surface area contributed by atoms with Crippen molar-refractivity contribution in [2.24, 2.45) is 0 Å². The number of nitrogens with one attached hydrogen (secondary N) is 1. The summed E-state index contributed by atoms with van der Waals surface area (Å²) in [7, 11) is 0. The molecule has 0 radical (unpaired) electrons. The quantitative estimate of drug-likeness (QED) is 0.0320. The molecule has 492 valence electrons. The Balaban J connectivity index is 3.38. The van der Waals surface area contributed by atoms with Crippen LogP contribution in [0.2, 0.25) is 0 Å². The van der Waals surface area contributed by atoms with Crippen LogP contribution in [0.25, 0.3) is 0 Å². The maximum atomic E-state index is 12.5. The molecule has 0 spiro atoms. The number of hydrogen-bond donors (Lipinski definition) is 3. The van der Waals surface area contributed by atoms with Gasteiger partial charge in [0.25, 0.3) is 0 Å². The van der Waals surface area contributed by atoms with E-state index in [1.807, 2.05) is 6.08 Å². The molecule has 0 bridgehead atoms. The molecular formula is C77H149NO5. The Bertz CT molecular complexity index is 1300. The second kappa shape index (κ2) is 72.8. The van der Waals surface area contributed by atoms with Gasteiger partial charge in [-0.1, -0.05) is 385 Å². The van der Waals surface area contributed by atoms with Gasteiger partial charge >= 0.3 is 5.97 Å². The second-order valence-corrected chi connectivity index (χ2v) is 26.3. The van der Waals surface area contributed by atoms with E-state index < -0.39 is 12.1 Å². The first-order valence-corrected chi connectivity index (χ1v) is 38.1. The lowest BCUT2D eigenvalue weighted by molar-refractivity contribution is -0.143. The van der Waals surface area contributed by atoms with Crippen LogP contribution in [0.1, 0.15) is 431 Å². The highest BCUT2D eigenvalue weighted by atomic mass is 16.5. The Morgan fingerprint density at radius 3 is 0.855 bits per heavy atom. The molecule has 0 aliphatic heterocycles. The summed E-state index contributed by atoms with van der Waals surface area (Å²) >= 11 is 0. The van der Waals surface area contributed by atoms with Crippen molar-refractivity contribution < 1.29 is 24.5 Å². The van der Waals surface area contributed by atoms with E-state index in [9.17, 15) is 19.8 Å². The number of aliphatic hydroxyl groups excluding tert-OH is 2. The zero-order valence-electron chi connectivity index (χ0n) is 56.5. The Kier molecular flexibility index (Phi) is 71.4. The van der Waals surface area contributed by atoms with Crippen molar-refractivity contribution in [1.29, 1.82) is 0 Å². The highest BCUT2D eigenvalue weighted by Crippen LogP contribution is 2.19. The smallest absolute Gasteiger partial charge is 0.305 e. The number of rotatable bonds is 72. The van der Waals surface area contributed by atoms with Crippen molar-refractivity contribution in [3.63, 3.8) is 0 Å². The summed E-state index contributed by atoms with van der Waals surface area (Å²) in [4.78, 5) is 24.7. The van der Waals surface area contributed by atoms with E-state index in [0.717, 1.165) is 38.5 Å². The normalized spacial score (nSPS) is 12.6. The molecule has 83 heavy (non-hydrogen) atoms. The van der Waals surface area contributed by atoms with Gasteiger partial charge in [0.05, 0.1) is 25.4 Å². The number of amides is 1. The number of carbonyl (C=O) groups is 2. The molecule has 3 N–H and O–H groups in total. The summed E-state index contributed by atoms with van der Waals surface area (Å²) in [6.07, 6.45) is 92.8. The van der Waals surface area contributed by atoms with E-state index >= 15 is 0 Å². The molecule has 2 atom stereocenters. The molecule has 0 saturated heterocycles. The lowest BCUT2D eigenvalue weighted by Crippen LogP contribution is -2.45. The fourth-order valence-corrected chi connectivity index (χ4v) is 12.2. The van der Waals surface area contributed by atoms with E-state index in [4.69, 9.17) is 4.74 Å². The third-order valence-electron chi connectivity index (χ3n) is 18.0. The van der Waals surface area contributed by atoms with Gasteiger partial charge in [-0.2, -0.15) is 0 Å². The monoisotopic (exact) mass is 1170 g/mol. The minimum Gasteiger partial charge on any atom is -0.466 e. The highest BCUT2D eigenvalue weighted by molar-refractivity contribution is 5.76. The fourth-order valence-electron chi connectivity index (χ4n) is 12.2. The molecule has 0 heterocycles. The summed E-state index contributed by atoms with van der Waals surface area (Å²) in [6.45, 7) is 4.96. The van der Waals surface area contributed by atoms with Gasteiger partial charge in [0.2, 0.25) is 5.91 Å². The van der Waals surface area contributed by atoms with Crippen LogP contribution in [0.15, 0.2) is 24.3 Å². The van der Waals surface area contributed by atoms with Gasteiger partial charge in [-0.15, -0.1) is 0 Å². The van der Waals surface area contributed by atoms with Gasteiger partial charge in [-0.3, -0.25) is 9.59 Å². The number of hydrogen-bond acceptors (Lipinski definition) is 5. The summed E-state index contributed by atoms with van der Waals surface area (Å²) in [5.41, 5.74) is 0. The van der Waals surface area contributed by atoms with Crippen LogP contribution in [-0.4, -0.2) is 47.4 Å². The minimum absolute atomic E-state index is 0.0205. The van der Waals surface area contributed by atoms with Crippen LogP contribution in [0.5, 0.6) is 0 Å². The first-order chi connectivity index (χ1) is 41.0. The molecule has 0 rings (SSSR count). The van der Waals surface area contributed by atoms with Crippen molar-refractivity contribution in [2.45, 2.75) is 443 Å². The van der Waals surface area contributed by atoms with Gasteiger partial charge < -0.3 is 20.3 Å². The summed E-state index contributed by atoms with van der Waals surface area (Å²) in [5.74, 6) is -0.0440. The molecule has 0 aliphatic carbocycles. The van der Waals surface area contributed by atoms with E-state index in [2.05, 4.69) is 31.3 Å². The van der Waals surface area contributed by atoms with Crippen molar-refractivity contribution in [3.8, 4) is 0 Å². The van der Waals surface area contributed by atoms with E-state index in [1.165, 1.54) is 366 Å². The molecule has 0 fully saturated rings. The average Bonchev–Trinajstić information content (AvgIpc) is 3.49. The van der Waals surface area contributed by atoms with Crippen LogP contribution in [0, 0.1) is 0 Å². The zero-order chi connectivity index (χ0) is 59.9. The van der Waals surface area contributed by atoms with Crippen LogP contribution < -0.4 is 5.32 Å². The Labute approximate surface area is 520 Å². The Morgan fingerprint density at radius 1 is 0.325 bits per heavy atom. The molecule has 1 amide bonds. The van der Waals surface area contributed by atoms with E-state index in [1.54, 1.807) is 6.08 Å². The number of allylic oxidation sites excluding steroid dienone is 3. The molecule has 0 aromatic rings. The number of aliphatic hydroxyl groups is 2. The van der Waals surface area contributed by atoms with Crippen molar-refractivity contribution in [3.05, 3.63) is 24.3 Å². The van der Waals surface area contributed by atoms with Gasteiger partial charge in [0, 0.05) is 12.8 Å². The third kappa shape index (κ3) is 69.3. The van der Waals surface area contributed by atoms with Crippen LogP contribution in [0.3, 0.4) is 0 Å². The minimum atomic E-state index is -0.846. The number of esters is 1. The maximum absolute atomic E-state index is 12.5. The summed E-state index contributed by atoms with van der Waals surface area (Å²) < 4.78 is 5.52. The van der Waals surface area contributed by atoms with Crippen LogP contribution >= 0.6 is 0 Å². The molecular weight excluding hydrogens is 1020 g/mol. The largest absolute Gasteiger partial charge is 0.466 e. The Morgan fingerprint density at radius 2 is 0.566 bits per heavy atom. The van der Waals surface area contributed by atoms with Gasteiger partial charge in [-0.05, 0) is 57.8 Å². The van der Waals surface area contributed by atoms with Crippen LogP contribution in [-0.2, 0) is 14.3 Å². The molecule has 0 aromatic carbocycles. The molecule has 0 aromatic heterocycles. The topological polar surface area (TPSA) is 95.9 Å². The molecule has 0 saturated carbocycles. The number of unbranched alkanes of at least 4 members (excludes halogenated alkanes) is 59. The van der Waals surface area contributed by atoms with Gasteiger partial charge in [0.1, 0.15) is 0 Å². The predicted octanol–water partition coefficient (Wildman–Crippen LogP) is 24.9. The van der Waals surface area contributed by atoms with Crippen molar-refractivity contribution in [2.75, 3.05) is 13.2 Å². The lowest BCUT2D eigenvalue weighted by Gasteiger charge is -2.20. The fraction of sp³-hybridized carbons (Fsp3) is 0.922. The van der Waals surface area contributed by atoms with Crippen molar-refractivity contribution >= 4 is 11.9 Å². The summed E-state index contributed by atoms with van der Waals surface area (Å²) in [5, 5.41) is 23.3. The molecule has 2 unspecified atom stereocenters. The summed E-state index contributed by atoms with van der Waals surface area (Å²) in [6, 6.07) is -0.629. The lowest BCUT2D eigenvalue weighted by atomic mass is 10.0. The first kappa shape index (κ1) is 81.3. The Hall–Kier alpha value is -1.66. The van der Waals surface area contributed by atoms with E-state index in [0.29, 0.717) is 19.4 Å². The van der Waals surface area contributed by atoms with Gasteiger partial charge in [-0.25, -0.2) is 0 Å². The third-order valence-corrected chi connectivity index (χ3v) is 18.0.